The van der Waals surface area contributed by atoms with Crippen LogP contribution in [-0.4, -0.2) is 0 Å². The van der Waals surface area contributed by atoms with Gasteiger partial charge in [-0.1, -0.05) is 39.8 Å². The highest BCUT2D eigenvalue weighted by atomic mass is 32.1. The van der Waals surface area contributed by atoms with Gasteiger partial charge in [0.2, 0.25) is 0 Å². The van der Waals surface area contributed by atoms with Crippen LogP contribution in [0, 0.1) is 0 Å². The summed E-state index contributed by atoms with van der Waals surface area (Å²) in [4.78, 5) is 1.51. The van der Waals surface area contributed by atoms with Gasteiger partial charge < -0.3 is 0 Å². The predicted molar refractivity (Wildman–Crippen MR) is 85.4 cm³/mol. The maximum Gasteiger partial charge on any atom is 0.0532 e. The van der Waals surface area contributed by atoms with Crippen LogP contribution in [0.3, 0.4) is 0 Å². The van der Waals surface area contributed by atoms with Gasteiger partial charge in [0, 0.05) is 19.7 Å². The quantitative estimate of drug-likeness (QED) is 0.510. The first kappa shape index (κ1) is 12.2. The number of fused-ring (bicyclic) bond motifs is 3. The maximum absolute atomic E-state index is 2.38. The molecule has 3 rings (SSSR count). The Bertz CT molecular complexity index is 689. The van der Waals surface area contributed by atoms with E-state index in [4.69, 9.17) is 0 Å². The number of hydrogen-bond donors (Lipinski definition) is 0. The van der Waals surface area contributed by atoms with Gasteiger partial charge in [0.05, 0.1) is 4.70 Å². The van der Waals surface area contributed by atoms with Crippen molar-refractivity contribution in [1.29, 1.82) is 0 Å². The van der Waals surface area contributed by atoms with Gasteiger partial charge in [-0.05, 0) is 29.5 Å². The fraction of sp³-hybridized carbons (Fsp3) is 0.375. The predicted octanol–water partition coefficient (Wildman–Crippen LogP) is 6.36. The van der Waals surface area contributed by atoms with E-state index in [2.05, 4.69) is 52.0 Å². The average Bonchev–Trinajstić information content (AvgIpc) is 2.84. The highest BCUT2D eigenvalue weighted by Crippen LogP contribution is 2.42. The lowest BCUT2D eigenvalue weighted by Crippen LogP contribution is -1.84. The van der Waals surface area contributed by atoms with Crippen molar-refractivity contribution in [1.82, 2.24) is 0 Å². The van der Waals surface area contributed by atoms with Gasteiger partial charge in [-0.3, -0.25) is 0 Å². The highest BCUT2D eigenvalue weighted by molar-refractivity contribution is 7.32. The van der Waals surface area contributed by atoms with Crippen LogP contribution in [0.25, 0.3) is 19.5 Å². The molecule has 0 fully saturated rings. The molecule has 0 atom stereocenters. The summed E-state index contributed by atoms with van der Waals surface area (Å²) in [6, 6.07) is 9.34. The second-order valence-electron chi connectivity index (χ2n) is 5.51. The van der Waals surface area contributed by atoms with E-state index in [1.165, 1.54) is 29.9 Å². The molecule has 94 valence electrons. The van der Waals surface area contributed by atoms with Crippen LogP contribution < -0.4 is 0 Å². The summed E-state index contributed by atoms with van der Waals surface area (Å²) < 4.78 is 4.38. The maximum atomic E-state index is 2.38. The zero-order valence-electron chi connectivity index (χ0n) is 11.3. The third-order valence-electron chi connectivity index (χ3n) is 3.42. The van der Waals surface area contributed by atoms with Gasteiger partial charge >= 0.3 is 0 Å². The van der Waals surface area contributed by atoms with Gasteiger partial charge in [-0.25, -0.2) is 0 Å². The summed E-state index contributed by atoms with van der Waals surface area (Å²) in [6.07, 6.45) is 0. The molecule has 0 radical (unpaired) electrons. The molecule has 2 heteroatoms. The van der Waals surface area contributed by atoms with E-state index in [9.17, 15) is 0 Å². The molecule has 0 unspecified atom stereocenters. The molecule has 2 heterocycles. The van der Waals surface area contributed by atoms with E-state index in [-0.39, 0.29) is 0 Å². The fourth-order valence-electron chi connectivity index (χ4n) is 2.23. The normalized spacial score (nSPS) is 12.3. The van der Waals surface area contributed by atoms with Crippen molar-refractivity contribution in [2.75, 3.05) is 0 Å². The van der Waals surface area contributed by atoms with Crippen molar-refractivity contribution in [3.63, 3.8) is 0 Å². The van der Waals surface area contributed by atoms with Crippen LogP contribution in [-0.2, 0) is 0 Å². The monoisotopic (exact) mass is 274 g/mol. The Morgan fingerprint density at radius 2 is 1.61 bits per heavy atom. The lowest BCUT2D eigenvalue weighted by Gasteiger charge is -2.04. The summed E-state index contributed by atoms with van der Waals surface area (Å²) in [5.41, 5.74) is 1.44. The number of thiophene rings is 2. The zero-order valence-corrected chi connectivity index (χ0v) is 12.9. The minimum Gasteiger partial charge on any atom is -0.138 e. The second kappa shape index (κ2) is 4.36. The van der Waals surface area contributed by atoms with Crippen LogP contribution in [0.2, 0.25) is 0 Å². The Balaban J connectivity index is 2.23. The van der Waals surface area contributed by atoms with Crippen LogP contribution in [0.5, 0.6) is 0 Å². The van der Waals surface area contributed by atoms with Gasteiger partial charge in [-0.15, -0.1) is 22.7 Å². The van der Waals surface area contributed by atoms with Crippen LogP contribution in [0.4, 0.5) is 0 Å². The molecular formula is C16H18S2. The third-order valence-corrected chi connectivity index (χ3v) is 6.12. The Labute approximate surface area is 116 Å². The molecule has 0 nitrogen and oxygen atoms in total. The van der Waals surface area contributed by atoms with Crippen LogP contribution >= 0.6 is 22.7 Å². The first-order valence-electron chi connectivity index (χ1n) is 6.52. The molecule has 18 heavy (non-hydrogen) atoms. The molecule has 0 saturated heterocycles. The summed E-state index contributed by atoms with van der Waals surface area (Å²) >= 11 is 3.91. The first-order valence-corrected chi connectivity index (χ1v) is 8.15. The second-order valence-corrected chi connectivity index (χ2v) is 7.68. The largest absolute Gasteiger partial charge is 0.138 e. The lowest BCUT2D eigenvalue weighted by atomic mass is 10.0. The Hall–Kier alpha value is -0.860. The molecule has 0 bridgehead atoms. The molecule has 0 spiro atoms. The standard InChI is InChI=1S/C16H18S2/c1-9(2)11-5-6-12-14(7-11)17-15-8-13(10(3)4)18-16(12)15/h5-10H,1-4H3. The van der Waals surface area contributed by atoms with E-state index >= 15 is 0 Å². The number of benzene rings is 1. The van der Waals surface area contributed by atoms with Gasteiger partial charge in [0.15, 0.2) is 0 Å². The van der Waals surface area contributed by atoms with E-state index in [0.717, 1.165) is 0 Å². The average molecular weight is 274 g/mol. The molecule has 0 aliphatic heterocycles. The van der Waals surface area contributed by atoms with Crippen molar-refractivity contribution in [3.8, 4) is 0 Å². The van der Waals surface area contributed by atoms with Gasteiger partial charge in [-0.2, -0.15) is 0 Å². The van der Waals surface area contributed by atoms with E-state index in [1.54, 1.807) is 0 Å². The minimum absolute atomic E-state index is 0.612. The molecule has 0 N–H and O–H groups in total. The van der Waals surface area contributed by atoms with Crippen molar-refractivity contribution in [2.45, 2.75) is 39.5 Å². The third kappa shape index (κ3) is 1.88. The van der Waals surface area contributed by atoms with E-state index in [0.29, 0.717) is 11.8 Å². The molecule has 0 saturated carbocycles. The number of rotatable bonds is 2. The molecule has 0 amide bonds. The first-order chi connectivity index (χ1) is 8.56. The fourth-order valence-corrected chi connectivity index (χ4v) is 4.81. The summed E-state index contributed by atoms with van der Waals surface area (Å²) in [5.74, 6) is 1.25. The molecular weight excluding hydrogens is 256 g/mol. The molecule has 0 aliphatic carbocycles. The Kier molecular flexibility index (Phi) is 2.95. The topological polar surface area (TPSA) is 0 Å². The van der Waals surface area contributed by atoms with Crippen molar-refractivity contribution < 1.29 is 0 Å². The highest BCUT2D eigenvalue weighted by Gasteiger charge is 2.12. The van der Waals surface area contributed by atoms with E-state index in [1.807, 2.05) is 22.7 Å². The molecule has 0 aliphatic rings. The minimum atomic E-state index is 0.612. The van der Waals surface area contributed by atoms with E-state index < -0.39 is 0 Å². The van der Waals surface area contributed by atoms with Crippen molar-refractivity contribution >= 4 is 42.2 Å². The van der Waals surface area contributed by atoms with Crippen molar-refractivity contribution in [3.05, 3.63) is 34.7 Å². The van der Waals surface area contributed by atoms with Gasteiger partial charge in [0.25, 0.3) is 0 Å². The number of hydrogen-bond acceptors (Lipinski definition) is 2. The summed E-state index contributed by atoms with van der Waals surface area (Å²) in [6.45, 7) is 9.06. The van der Waals surface area contributed by atoms with Crippen LogP contribution in [0.1, 0.15) is 50.0 Å². The summed E-state index contributed by atoms with van der Waals surface area (Å²) in [5, 5.41) is 1.44. The molecule has 2 aromatic heterocycles. The molecule has 1 aromatic carbocycles. The smallest absolute Gasteiger partial charge is 0.0532 e. The van der Waals surface area contributed by atoms with Crippen LogP contribution in [0.15, 0.2) is 24.3 Å². The zero-order chi connectivity index (χ0) is 12.9. The van der Waals surface area contributed by atoms with Gasteiger partial charge in [0.1, 0.15) is 0 Å². The van der Waals surface area contributed by atoms with Crippen molar-refractivity contribution in [2.24, 2.45) is 0 Å². The SMILES string of the molecule is CC(C)c1ccc2c(c1)sc1cc(C(C)C)sc12. The lowest BCUT2D eigenvalue weighted by molar-refractivity contribution is 0.869. The summed E-state index contributed by atoms with van der Waals surface area (Å²) in [7, 11) is 0. The Morgan fingerprint density at radius 1 is 0.833 bits per heavy atom. The molecule has 3 aromatic rings. The Morgan fingerprint density at radius 3 is 2.28 bits per heavy atom.